The van der Waals surface area contributed by atoms with Crippen LogP contribution < -0.4 is 0 Å². The highest BCUT2D eigenvalue weighted by atomic mass is 79.9. The van der Waals surface area contributed by atoms with Gasteiger partial charge in [0.1, 0.15) is 0 Å². The quantitative estimate of drug-likeness (QED) is 0.760. The fourth-order valence-corrected chi connectivity index (χ4v) is 3.10. The van der Waals surface area contributed by atoms with E-state index >= 15 is 0 Å². The summed E-state index contributed by atoms with van der Waals surface area (Å²) in [4.78, 5) is 12.2. The fourth-order valence-electron chi connectivity index (χ4n) is 1.86. The molecule has 16 heavy (non-hydrogen) atoms. The van der Waals surface area contributed by atoms with Gasteiger partial charge in [-0.15, -0.1) is 0 Å². The van der Waals surface area contributed by atoms with Crippen molar-refractivity contribution >= 4 is 37.6 Å². The summed E-state index contributed by atoms with van der Waals surface area (Å²) in [5.74, 6) is 0.199. The van der Waals surface area contributed by atoms with Crippen LogP contribution >= 0.6 is 31.9 Å². The molecule has 1 aliphatic rings. The number of benzene rings is 1. The first-order chi connectivity index (χ1) is 7.68. The minimum absolute atomic E-state index is 0.0197. The van der Waals surface area contributed by atoms with Crippen LogP contribution in [0.3, 0.4) is 0 Å². The molecule has 0 aromatic heterocycles. The molecule has 1 aromatic carbocycles. The van der Waals surface area contributed by atoms with Gasteiger partial charge >= 0.3 is 0 Å². The highest BCUT2D eigenvalue weighted by Crippen LogP contribution is 2.26. The Morgan fingerprint density at radius 1 is 1.38 bits per heavy atom. The van der Waals surface area contributed by atoms with Gasteiger partial charge in [-0.05, 0) is 31.0 Å². The topological polar surface area (TPSA) is 26.3 Å². The second kappa shape index (κ2) is 5.43. The Morgan fingerprint density at radius 2 is 2.19 bits per heavy atom. The SMILES string of the molecule is O=C(c1ccc(Br)cc1Br)C1CCCOC1. The van der Waals surface area contributed by atoms with Gasteiger partial charge in [-0.1, -0.05) is 31.9 Å². The molecule has 1 saturated heterocycles. The Balaban J connectivity index is 2.19. The van der Waals surface area contributed by atoms with Crippen LogP contribution in [0.1, 0.15) is 23.2 Å². The first kappa shape index (κ1) is 12.3. The normalized spacial score (nSPS) is 20.8. The average molecular weight is 348 g/mol. The Bertz CT molecular complexity index is 398. The highest BCUT2D eigenvalue weighted by Gasteiger charge is 2.24. The maximum atomic E-state index is 12.2. The summed E-state index contributed by atoms with van der Waals surface area (Å²) >= 11 is 6.80. The molecule has 1 aromatic rings. The van der Waals surface area contributed by atoms with Crippen molar-refractivity contribution in [1.82, 2.24) is 0 Å². The maximum absolute atomic E-state index is 12.2. The van der Waals surface area contributed by atoms with Crippen LogP contribution in [0, 0.1) is 5.92 Å². The number of ketones is 1. The molecule has 1 heterocycles. The third-order valence-electron chi connectivity index (χ3n) is 2.73. The van der Waals surface area contributed by atoms with Gasteiger partial charge in [0, 0.05) is 27.0 Å². The van der Waals surface area contributed by atoms with E-state index in [1.165, 1.54) is 0 Å². The molecule has 1 atom stereocenters. The molecule has 0 saturated carbocycles. The van der Waals surface area contributed by atoms with Crippen LogP contribution in [0.2, 0.25) is 0 Å². The van der Waals surface area contributed by atoms with Crippen molar-refractivity contribution in [2.24, 2.45) is 5.92 Å². The Morgan fingerprint density at radius 3 is 2.81 bits per heavy atom. The lowest BCUT2D eigenvalue weighted by Crippen LogP contribution is -2.25. The summed E-state index contributed by atoms with van der Waals surface area (Å²) in [5.41, 5.74) is 0.749. The van der Waals surface area contributed by atoms with Crippen molar-refractivity contribution in [3.63, 3.8) is 0 Å². The van der Waals surface area contributed by atoms with E-state index in [9.17, 15) is 4.79 Å². The number of rotatable bonds is 2. The lowest BCUT2D eigenvalue weighted by atomic mass is 9.93. The van der Waals surface area contributed by atoms with E-state index in [1.807, 2.05) is 18.2 Å². The Hall–Kier alpha value is -0.190. The predicted molar refractivity (Wildman–Crippen MR) is 69.7 cm³/mol. The van der Waals surface area contributed by atoms with Gasteiger partial charge in [-0.3, -0.25) is 4.79 Å². The summed E-state index contributed by atoms with van der Waals surface area (Å²) in [6.45, 7) is 1.34. The van der Waals surface area contributed by atoms with Gasteiger partial charge in [-0.25, -0.2) is 0 Å². The van der Waals surface area contributed by atoms with Crippen molar-refractivity contribution in [2.75, 3.05) is 13.2 Å². The van der Waals surface area contributed by atoms with Crippen LogP contribution in [0.15, 0.2) is 27.1 Å². The molecule has 0 radical (unpaired) electrons. The monoisotopic (exact) mass is 346 g/mol. The summed E-state index contributed by atoms with van der Waals surface area (Å²) in [5, 5.41) is 0. The van der Waals surface area contributed by atoms with Crippen LogP contribution in [-0.4, -0.2) is 19.0 Å². The first-order valence-corrected chi connectivity index (χ1v) is 6.84. The van der Waals surface area contributed by atoms with Crippen molar-refractivity contribution < 1.29 is 9.53 Å². The molecule has 0 N–H and O–H groups in total. The molecular formula is C12H12Br2O2. The van der Waals surface area contributed by atoms with E-state index in [-0.39, 0.29) is 11.7 Å². The molecule has 2 nitrogen and oxygen atoms in total. The minimum atomic E-state index is 0.0197. The van der Waals surface area contributed by atoms with Crippen molar-refractivity contribution in [3.05, 3.63) is 32.7 Å². The summed E-state index contributed by atoms with van der Waals surface area (Å²) in [7, 11) is 0. The van der Waals surface area contributed by atoms with Gasteiger partial charge in [0.15, 0.2) is 5.78 Å². The van der Waals surface area contributed by atoms with Gasteiger partial charge in [-0.2, -0.15) is 0 Å². The zero-order valence-corrected chi connectivity index (χ0v) is 11.9. The Labute approximate surface area is 112 Å². The third kappa shape index (κ3) is 2.73. The van der Waals surface area contributed by atoms with Gasteiger partial charge in [0.25, 0.3) is 0 Å². The summed E-state index contributed by atoms with van der Waals surface area (Å²) < 4.78 is 7.16. The first-order valence-electron chi connectivity index (χ1n) is 5.25. The number of Topliss-reactive ketones (excluding diaryl/α,β-unsaturated/α-hetero) is 1. The minimum Gasteiger partial charge on any atom is -0.381 e. The molecule has 1 fully saturated rings. The maximum Gasteiger partial charge on any atom is 0.169 e. The van der Waals surface area contributed by atoms with Crippen molar-refractivity contribution in [2.45, 2.75) is 12.8 Å². The van der Waals surface area contributed by atoms with Gasteiger partial charge in [0.05, 0.1) is 6.61 Å². The van der Waals surface area contributed by atoms with E-state index in [2.05, 4.69) is 31.9 Å². The molecule has 0 aliphatic carbocycles. The summed E-state index contributed by atoms with van der Waals surface area (Å²) in [6.07, 6.45) is 1.91. The second-order valence-electron chi connectivity index (χ2n) is 3.90. The lowest BCUT2D eigenvalue weighted by Gasteiger charge is -2.21. The lowest BCUT2D eigenvalue weighted by molar-refractivity contribution is 0.0461. The van der Waals surface area contributed by atoms with E-state index in [4.69, 9.17) is 4.74 Å². The molecule has 86 valence electrons. The second-order valence-corrected chi connectivity index (χ2v) is 5.67. The van der Waals surface area contributed by atoms with Gasteiger partial charge in [0.2, 0.25) is 0 Å². The standard InChI is InChI=1S/C12H12Br2O2/c13-9-3-4-10(11(14)6-9)12(15)8-2-1-5-16-7-8/h3-4,6,8H,1-2,5,7H2. The molecule has 0 spiro atoms. The Kier molecular flexibility index (Phi) is 4.16. The van der Waals surface area contributed by atoms with E-state index < -0.39 is 0 Å². The van der Waals surface area contributed by atoms with E-state index in [0.717, 1.165) is 34.0 Å². The van der Waals surface area contributed by atoms with Crippen LogP contribution in [0.25, 0.3) is 0 Å². The predicted octanol–water partition coefficient (Wildman–Crippen LogP) is 3.82. The molecule has 4 heteroatoms. The highest BCUT2D eigenvalue weighted by molar-refractivity contribution is 9.11. The smallest absolute Gasteiger partial charge is 0.169 e. The van der Waals surface area contributed by atoms with Crippen LogP contribution in [-0.2, 0) is 4.74 Å². The zero-order chi connectivity index (χ0) is 11.5. The average Bonchev–Trinajstić information content (AvgIpc) is 2.29. The van der Waals surface area contributed by atoms with Crippen LogP contribution in [0.5, 0.6) is 0 Å². The van der Waals surface area contributed by atoms with Crippen molar-refractivity contribution in [3.8, 4) is 0 Å². The number of carbonyl (C=O) groups is 1. The number of hydrogen-bond donors (Lipinski definition) is 0. The summed E-state index contributed by atoms with van der Waals surface area (Å²) in [6, 6.07) is 5.64. The van der Waals surface area contributed by atoms with Crippen molar-refractivity contribution in [1.29, 1.82) is 0 Å². The molecule has 0 amide bonds. The number of hydrogen-bond acceptors (Lipinski definition) is 2. The number of carbonyl (C=O) groups excluding carboxylic acids is 1. The van der Waals surface area contributed by atoms with Gasteiger partial charge < -0.3 is 4.74 Å². The number of halogens is 2. The zero-order valence-electron chi connectivity index (χ0n) is 8.71. The van der Waals surface area contributed by atoms with E-state index in [0.29, 0.717) is 6.61 Å². The molecule has 1 aliphatic heterocycles. The fraction of sp³-hybridized carbons (Fsp3) is 0.417. The van der Waals surface area contributed by atoms with E-state index in [1.54, 1.807) is 0 Å². The third-order valence-corrected chi connectivity index (χ3v) is 3.88. The molecule has 2 rings (SSSR count). The number of ether oxygens (including phenoxy) is 1. The molecule has 0 bridgehead atoms. The molecule has 1 unspecified atom stereocenters. The molecular weight excluding hydrogens is 336 g/mol. The van der Waals surface area contributed by atoms with Crippen LogP contribution in [0.4, 0.5) is 0 Å². The largest absolute Gasteiger partial charge is 0.381 e.